The van der Waals surface area contributed by atoms with Crippen LogP contribution in [0.3, 0.4) is 0 Å². The van der Waals surface area contributed by atoms with Gasteiger partial charge in [-0.1, -0.05) is 0 Å². The molecule has 0 unspecified atom stereocenters. The van der Waals surface area contributed by atoms with Gasteiger partial charge in [0.05, 0.1) is 12.2 Å². The lowest BCUT2D eigenvalue weighted by molar-refractivity contribution is -0.0681. The number of morpholine rings is 1. The SMILES string of the molecule is C[C@@H]1CN(CCCCNC(=O)c2ccn[nH]2)C[C@@H](C)O1. The van der Waals surface area contributed by atoms with Gasteiger partial charge in [-0.25, -0.2) is 0 Å². The van der Waals surface area contributed by atoms with E-state index in [4.69, 9.17) is 4.74 Å². The van der Waals surface area contributed by atoms with Crippen molar-refractivity contribution in [3.05, 3.63) is 18.0 Å². The quantitative estimate of drug-likeness (QED) is 0.764. The molecule has 6 nitrogen and oxygen atoms in total. The Labute approximate surface area is 119 Å². The lowest BCUT2D eigenvalue weighted by Crippen LogP contribution is -2.45. The number of ether oxygens (including phenoxy) is 1. The first-order chi connectivity index (χ1) is 9.65. The number of nitrogens with zero attached hydrogens (tertiary/aromatic N) is 2. The lowest BCUT2D eigenvalue weighted by atomic mass is 10.2. The zero-order valence-electron chi connectivity index (χ0n) is 12.3. The molecule has 2 heterocycles. The minimum atomic E-state index is -0.0869. The topological polar surface area (TPSA) is 70.2 Å². The van der Waals surface area contributed by atoms with Crippen molar-refractivity contribution in [1.82, 2.24) is 20.4 Å². The molecule has 112 valence electrons. The van der Waals surface area contributed by atoms with E-state index in [1.54, 1.807) is 12.3 Å². The number of rotatable bonds is 6. The summed E-state index contributed by atoms with van der Waals surface area (Å²) in [5.41, 5.74) is 0.515. The van der Waals surface area contributed by atoms with Crippen molar-refractivity contribution in [3.63, 3.8) is 0 Å². The fourth-order valence-electron chi connectivity index (χ4n) is 2.61. The number of unbranched alkanes of at least 4 members (excludes halogenated alkanes) is 1. The molecule has 1 fully saturated rings. The molecule has 2 atom stereocenters. The molecule has 6 heteroatoms. The number of hydrogen-bond acceptors (Lipinski definition) is 4. The number of amides is 1. The van der Waals surface area contributed by atoms with Gasteiger partial charge in [-0.2, -0.15) is 5.10 Å². The summed E-state index contributed by atoms with van der Waals surface area (Å²) < 4.78 is 5.71. The van der Waals surface area contributed by atoms with Crippen LogP contribution in [0.4, 0.5) is 0 Å². The summed E-state index contributed by atoms with van der Waals surface area (Å²) in [5.74, 6) is -0.0869. The number of carbonyl (C=O) groups excluding carboxylic acids is 1. The summed E-state index contributed by atoms with van der Waals surface area (Å²) in [6.45, 7) is 8.02. The van der Waals surface area contributed by atoms with Crippen LogP contribution in [0.25, 0.3) is 0 Å². The van der Waals surface area contributed by atoms with Crippen LogP contribution < -0.4 is 5.32 Å². The number of H-pyrrole nitrogens is 1. The van der Waals surface area contributed by atoms with E-state index in [-0.39, 0.29) is 5.91 Å². The smallest absolute Gasteiger partial charge is 0.269 e. The molecule has 0 bridgehead atoms. The maximum Gasteiger partial charge on any atom is 0.269 e. The Bertz CT molecular complexity index is 397. The van der Waals surface area contributed by atoms with Crippen LogP contribution in [0.5, 0.6) is 0 Å². The van der Waals surface area contributed by atoms with Gasteiger partial charge in [0.2, 0.25) is 0 Å². The second-order valence-electron chi connectivity index (χ2n) is 5.45. The van der Waals surface area contributed by atoms with Crippen LogP contribution in [0.2, 0.25) is 0 Å². The highest BCUT2D eigenvalue weighted by Gasteiger charge is 2.21. The van der Waals surface area contributed by atoms with E-state index in [2.05, 4.69) is 34.3 Å². The van der Waals surface area contributed by atoms with E-state index >= 15 is 0 Å². The Kier molecular flexibility index (Phi) is 5.55. The molecular weight excluding hydrogens is 256 g/mol. The van der Waals surface area contributed by atoms with Crippen molar-refractivity contribution in [2.45, 2.75) is 38.9 Å². The summed E-state index contributed by atoms with van der Waals surface area (Å²) in [6.07, 6.45) is 4.29. The van der Waals surface area contributed by atoms with Crippen molar-refractivity contribution >= 4 is 5.91 Å². The fraction of sp³-hybridized carbons (Fsp3) is 0.714. The van der Waals surface area contributed by atoms with Crippen molar-refractivity contribution in [2.75, 3.05) is 26.2 Å². The Balaban J connectivity index is 1.56. The van der Waals surface area contributed by atoms with Gasteiger partial charge in [0.15, 0.2) is 0 Å². The summed E-state index contributed by atoms with van der Waals surface area (Å²) in [5, 5.41) is 9.30. The van der Waals surface area contributed by atoms with Crippen LogP contribution in [0, 0.1) is 0 Å². The van der Waals surface area contributed by atoms with E-state index in [9.17, 15) is 4.79 Å². The van der Waals surface area contributed by atoms with Crippen molar-refractivity contribution in [3.8, 4) is 0 Å². The van der Waals surface area contributed by atoms with Gasteiger partial charge in [-0.15, -0.1) is 0 Å². The summed E-state index contributed by atoms with van der Waals surface area (Å²) in [4.78, 5) is 14.1. The molecule has 1 amide bonds. The van der Waals surface area contributed by atoms with Gasteiger partial charge in [-0.05, 0) is 39.3 Å². The number of hydrogen-bond donors (Lipinski definition) is 2. The molecule has 1 aromatic heterocycles. The zero-order valence-corrected chi connectivity index (χ0v) is 12.3. The van der Waals surface area contributed by atoms with Gasteiger partial charge in [0.1, 0.15) is 5.69 Å². The maximum atomic E-state index is 11.6. The third-order valence-electron chi connectivity index (χ3n) is 3.43. The molecule has 0 saturated carbocycles. The van der Waals surface area contributed by atoms with E-state index in [1.165, 1.54) is 0 Å². The minimum Gasteiger partial charge on any atom is -0.373 e. The second-order valence-corrected chi connectivity index (χ2v) is 5.45. The van der Waals surface area contributed by atoms with Crippen LogP contribution in [-0.2, 0) is 4.74 Å². The molecular formula is C14H24N4O2. The predicted octanol–water partition coefficient (Wildman–Crippen LogP) is 1.03. The van der Waals surface area contributed by atoms with Gasteiger partial charge < -0.3 is 10.1 Å². The molecule has 0 spiro atoms. The normalized spacial score (nSPS) is 23.7. The summed E-state index contributed by atoms with van der Waals surface area (Å²) in [6, 6.07) is 1.67. The molecule has 1 aliphatic heterocycles. The third-order valence-corrected chi connectivity index (χ3v) is 3.43. The number of aromatic nitrogens is 2. The largest absolute Gasteiger partial charge is 0.373 e. The van der Waals surface area contributed by atoms with Crippen LogP contribution in [0.1, 0.15) is 37.2 Å². The van der Waals surface area contributed by atoms with Gasteiger partial charge in [-0.3, -0.25) is 14.8 Å². The summed E-state index contributed by atoms with van der Waals surface area (Å²) >= 11 is 0. The molecule has 0 aromatic carbocycles. The molecule has 1 saturated heterocycles. The Hall–Kier alpha value is -1.40. The molecule has 1 aromatic rings. The van der Waals surface area contributed by atoms with Gasteiger partial charge >= 0.3 is 0 Å². The second kappa shape index (κ2) is 7.40. The maximum absolute atomic E-state index is 11.6. The van der Waals surface area contributed by atoms with Gasteiger partial charge in [0, 0.05) is 25.8 Å². The first kappa shape index (κ1) is 15.0. The fourth-order valence-corrected chi connectivity index (χ4v) is 2.61. The minimum absolute atomic E-state index is 0.0869. The zero-order chi connectivity index (χ0) is 14.4. The highest BCUT2D eigenvalue weighted by molar-refractivity contribution is 5.91. The Morgan fingerprint density at radius 3 is 2.85 bits per heavy atom. The number of aromatic amines is 1. The van der Waals surface area contributed by atoms with E-state index in [0.717, 1.165) is 32.5 Å². The molecule has 1 aliphatic rings. The third kappa shape index (κ3) is 4.61. The highest BCUT2D eigenvalue weighted by Crippen LogP contribution is 2.11. The van der Waals surface area contributed by atoms with Crippen LogP contribution in [-0.4, -0.2) is 59.4 Å². The van der Waals surface area contributed by atoms with Gasteiger partial charge in [0.25, 0.3) is 5.91 Å². The van der Waals surface area contributed by atoms with Crippen LogP contribution in [0.15, 0.2) is 12.3 Å². The monoisotopic (exact) mass is 280 g/mol. The summed E-state index contributed by atoms with van der Waals surface area (Å²) in [7, 11) is 0. The molecule has 0 radical (unpaired) electrons. The molecule has 20 heavy (non-hydrogen) atoms. The Morgan fingerprint density at radius 1 is 1.45 bits per heavy atom. The van der Waals surface area contributed by atoms with Crippen molar-refractivity contribution in [1.29, 1.82) is 0 Å². The van der Waals surface area contributed by atoms with Crippen LogP contribution >= 0.6 is 0 Å². The Morgan fingerprint density at radius 2 is 2.20 bits per heavy atom. The first-order valence-corrected chi connectivity index (χ1v) is 7.30. The van der Waals surface area contributed by atoms with E-state index in [0.29, 0.717) is 24.4 Å². The van der Waals surface area contributed by atoms with E-state index in [1.807, 2.05) is 0 Å². The molecule has 2 N–H and O–H groups in total. The lowest BCUT2D eigenvalue weighted by Gasteiger charge is -2.35. The average Bonchev–Trinajstić information content (AvgIpc) is 2.90. The molecule has 0 aliphatic carbocycles. The average molecular weight is 280 g/mol. The highest BCUT2D eigenvalue weighted by atomic mass is 16.5. The van der Waals surface area contributed by atoms with Crippen molar-refractivity contribution < 1.29 is 9.53 Å². The van der Waals surface area contributed by atoms with E-state index < -0.39 is 0 Å². The standard InChI is InChI=1S/C14H24N4O2/c1-11-9-18(10-12(2)20-11)8-4-3-6-15-14(19)13-5-7-16-17-13/h5,7,11-12H,3-4,6,8-10H2,1-2H3,(H,15,19)(H,16,17)/t11-,12-/m1/s1. The number of carbonyl (C=O) groups is 1. The predicted molar refractivity (Wildman–Crippen MR) is 76.6 cm³/mol. The number of nitrogens with one attached hydrogen (secondary N) is 2. The van der Waals surface area contributed by atoms with Crippen molar-refractivity contribution in [2.24, 2.45) is 0 Å². The first-order valence-electron chi connectivity index (χ1n) is 7.30. The molecule has 2 rings (SSSR count).